The molecule has 9 heteroatoms. The number of ether oxygens (including phenoxy) is 1. The molecule has 2 heterocycles. The van der Waals surface area contributed by atoms with E-state index in [0.29, 0.717) is 24.1 Å². The minimum atomic E-state index is -1.41. The first kappa shape index (κ1) is 19.9. The molecule has 0 radical (unpaired) electrons. The Morgan fingerprint density at radius 2 is 1.94 bits per heavy atom. The molecule has 1 spiro atoms. The lowest BCUT2D eigenvalue weighted by molar-refractivity contribution is -0.384. The van der Waals surface area contributed by atoms with Crippen LogP contribution < -0.4 is 0 Å². The summed E-state index contributed by atoms with van der Waals surface area (Å²) in [7, 11) is 0. The summed E-state index contributed by atoms with van der Waals surface area (Å²) in [6.07, 6.45) is 3.32. The van der Waals surface area contributed by atoms with Crippen molar-refractivity contribution in [3.05, 3.63) is 52.1 Å². The van der Waals surface area contributed by atoms with Gasteiger partial charge in [-0.1, -0.05) is 12.1 Å². The van der Waals surface area contributed by atoms with Crippen LogP contribution in [0.5, 0.6) is 0 Å². The van der Waals surface area contributed by atoms with E-state index in [-0.39, 0.29) is 23.8 Å². The maximum absolute atomic E-state index is 13.1. The summed E-state index contributed by atoms with van der Waals surface area (Å²) in [5.41, 5.74) is -3.03. The second kappa shape index (κ2) is 6.23. The van der Waals surface area contributed by atoms with Gasteiger partial charge in [0.05, 0.1) is 16.6 Å². The molecule has 1 saturated carbocycles. The summed E-state index contributed by atoms with van der Waals surface area (Å²) < 4.78 is 5.77. The topological polar surface area (TPSA) is 128 Å². The first-order valence-corrected chi connectivity index (χ1v) is 10.3. The van der Waals surface area contributed by atoms with Crippen molar-refractivity contribution in [2.45, 2.75) is 50.4 Å². The molecular formula is C22H22N2O7. The third-order valence-electron chi connectivity index (χ3n) is 7.77. The maximum Gasteiger partial charge on any atom is 0.354 e. The molecule has 5 rings (SSSR count). The highest BCUT2D eigenvalue weighted by Crippen LogP contribution is 2.59. The van der Waals surface area contributed by atoms with Gasteiger partial charge in [-0.25, -0.2) is 4.79 Å². The van der Waals surface area contributed by atoms with Crippen LogP contribution in [0.2, 0.25) is 0 Å². The van der Waals surface area contributed by atoms with Crippen LogP contribution in [0, 0.1) is 27.4 Å². The molecule has 2 aliphatic heterocycles. The van der Waals surface area contributed by atoms with Gasteiger partial charge >= 0.3 is 5.97 Å². The normalized spacial score (nSPS) is 40.7. The van der Waals surface area contributed by atoms with Crippen LogP contribution in [0.4, 0.5) is 5.69 Å². The summed E-state index contributed by atoms with van der Waals surface area (Å²) in [5.74, 6) is -1.54. The van der Waals surface area contributed by atoms with Crippen LogP contribution in [0.1, 0.15) is 38.7 Å². The van der Waals surface area contributed by atoms with Crippen molar-refractivity contribution in [1.29, 1.82) is 0 Å². The van der Waals surface area contributed by atoms with Crippen molar-refractivity contribution >= 4 is 23.2 Å². The number of hydrogen-bond acceptors (Lipinski definition) is 8. The fourth-order valence-electron chi connectivity index (χ4n) is 5.73. The molecule has 31 heavy (non-hydrogen) atoms. The molecule has 4 aliphatic rings. The number of allylic oxidation sites excluding steroid dienone is 1. The van der Waals surface area contributed by atoms with Crippen LogP contribution in [0.3, 0.4) is 0 Å². The van der Waals surface area contributed by atoms with Crippen molar-refractivity contribution in [2.24, 2.45) is 22.4 Å². The predicted octanol–water partition coefficient (Wildman–Crippen LogP) is 2.31. The highest BCUT2D eigenvalue weighted by Gasteiger charge is 2.73. The van der Waals surface area contributed by atoms with Crippen LogP contribution in [0.15, 0.2) is 41.6 Å². The molecule has 0 aromatic heterocycles. The molecule has 1 saturated heterocycles. The zero-order chi connectivity index (χ0) is 22.2. The van der Waals surface area contributed by atoms with Crippen molar-refractivity contribution in [3.63, 3.8) is 0 Å². The van der Waals surface area contributed by atoms with Gasteiger partial charge in [0.15, 0.2) is 5.78 Å². The number of nitrogens with zero attached hydrogens (tertiary/aromatic N) is 2. The summed E-state index contributed by atoms with van der Waals surface area (Å²) in [5, 5.41) is 26.5. The smallest absolute Gasteiger partial charge is 0.354 e. The summed E-state index contributed by atoms with van der Waals surface area (Å²) in [4.78, 5) is 42.2. The van der Waals surface area contributed by atoms with Crippen molar-refractivity contribution < 1.29 is 29.2 Å². The molecule has 2 aliphatic carbocycles. The second-order valence-electron chi connectivity index (χ2n) is 9.14. The Hall–Kier alpha value is -3.07. The number of esters is 1. The molecule has 6 atom stereocenters. The molecule has 9 nitrogen and oxygen atoms in total. The third kappa shape index (κ3) is 2.38. The number of carbonyl (C=O) groups excluding carboxylic acids is 2. The van der Waals surface area contributed by atoms with Gasteiger partial charge in [0.25, 0.3) is 5.69 Å². The molecule has 162 valence electrons. The molecule has 2 fully saturated rings. The number of ketones is 1. The number of nitro groups is 1. The summed E-state index contributed by atoms with van der Waals surface area (Å²) in [6, 6.07) is 5.87. The lowest BCUT2D eigenvalue weighted by Crippen LogP contribution is -2.57. The SMILES string of the molecule is C[C@H]1CC[C@@H]2[C@@H](OC(=O)[C@]23CC(c2ccc([N+](=O)[O-])cc2)=NO3)[C@]2(C)C(=O)C=C[C@@]12O. The monoisotopic (exact) mass is 426 g/mol. The number of carbonyl (C=O) groups is 2. The molecule has 0 unspecified atom stereocenters. The van der Waals surface area contributed by atoms with Gasteiger partial charge < -0.3 is 14.7 Å². The van der Waals surface area contributed by atoms with Crippen molar-refractivity contribution in [2.75, 3.05) is 0 Å². The molecular weight excluding hydrogens is 404 g/mol. The summed E-state index contributed by atoms with van der Waals surface area (Å²) in [6.45, 7) is 3.55. The van der Waals surface area contributed by atoms with E-state index in [1.807, 2.05) is 6.92 Å². The van der Waals surface area contributed by atoms with Gasteiger partial charge in [0.2, 0.25) is 5.60 Å². The molecule has 0 bridgehead atoms. The largest absolute Gasteiger partial charge is 0.458 e. The number of nitro benzene ring substituents is 1. The van der Waals surface area contributed by atoms with Gasteiger partial charge in [-0.15, -0.1) is 0 Å². The zero-order valence-corrected chi connectivity index (χ0v) is 17.1. The first-order chi connectivity index (χ1) is 14.6. The second-order valence-corrected chi connectivity index (χ2v) is 9.14. The zero-order valence-electron chi connectivity index (χ0n) is 17.1. The van der Waals surface area contributed by atoms with E-state index in [2.05, 4.69) is 5.16 Å². The average molecular weight is 426 g/mol. The van der Waals surface area contributed by atoms with E-state index in [4.69, 9.17) is 9.57 Å². The van der Waals surface area contributed by atoms with Gasteiger partial charge in [-0.3, -0.25) is 14.9 Å². The van der Waals surface area contributed by atoms with E-state index in [0.717, 1.165) is 0 Å². The molecule has 1 N–H and O–H groups in total. The highest BCUT2D eigenvalue weighted by molar-refractivity contribution is 6.06. The van der Waals surface area contributed by atoms with Crippen LogP contribution in [-0.4, -0.2) is 44.8 Å². The minimum absolute atomic E-state index is 0.0458. The Morgan fingerprint density at radius 3 is 2.61 bits per heavy atom. The average Bonchev–Trinajstić information content (AvgIpc) is 3.37. The Kier molecular flexibility index (Phi) is 3.99. The van der Waals surface area contributed by atoms with Gasteiger partial charge in [-0.2, -0.15) is 0 Å². The molecule has 1 aromatic rings. The number of aliphatic hydroxyl groups is 1. The van der Waals surface area contributed by atoms with Crippen LogP contribution in [0.25, 0.3) is 0 Å². The van der Waals surface area contributed by atoms with Gasteiger partial charge in [0, 0.05) is 18.6 Å². The fraction of sp³-hybridized carbons (Fsp3) is 0.500. The van der Waals surface area contributed by atoms with Crippen molar-refractivity contribution in [1.82, 2.24) is 0 Å². The molecule has 0 amide bonds. The Bertz CT molecular complexity index is 1060. The Labute approximate surface area is 177 Å². The van der Waals surface area contributed by atoms with E-state index < -0.39 is 39.5 Å². The predicted molar refractivity (Wildman–Crippen MR) is 107 cm³/mol. The van der Waals surface area contributed by atoms with Crippen LogP contribution >= 0.6 is 0 Å². The number of hydrogen-bond donors (Lipinski definition) is 1. The van der Waals surface area contributed by atoms with Gasteiger partial charge in [-0.05, 0) is 55.5 Å². The standard InChI is InChI=1S/C22H22N2O7/c1-12-3-8-15-18(20(2)17(25)9-10-22(12,20)27)30-19(26)21(15)11-16(23-31-21)13-4-6-14(7-5-13)24(28)29/h4-7,9-10,12,15,18,27H,3,8,11H2,1-2H3/t12-,15+,18+,20-,21-,22+/m0/s1. The number of fused-ring (bicyclic) bond motifs is 4. The lowest BCUT2D eigenvalue weighted by atomic mass is 9.63. The lowest BCUT2D eigenvalue weighted by Gasteiger charge is -2.43. The Morgan fingerprint density at radius 1 is 1.23 bits per heavy atom. The minimum Gasteiger partial charge on any atom is -0.458 e. The quantitative estimate of drug-likeness (QED) is 0.436. The number of oxime groups is 1. The van der Waals surface area contributed by atoms with E-state index in [1.54, 1.807) is 19.1 Å². The fourth-order valence-corrected chi connectivity index (χ4v) is 5.73. The van der Waals surface area contributed by atoms with E-state index >= 15 is 0 Å². The first-order valence-electron chi connectivity index (χ1n) is 10.3. The van der Waals surface area contributed by atoms with Crippen molar-refractivity contribution in [3.8, 4) is 0 Å². The number of benzene rings is 1. The van der Waals surface area contributed by atoms with E-state index in [1.165, 1.54) is 24.3 Å². The number of rotatable bonds is 2. The summed E-state index contributed by atoms with van der Waals surface area (Å²) >= 11 is 0. The molecule has 1 aromatic carbocycles. The van der Waals surface area contributed by atoms with Crippen LogP contribution in [-0.2, 0) is 19.2 Å². The maximum atomic E-state index is 13.1. The highest BCUT2D eigenvalue weighted by atomic mass is 16.7. The third-order valence-corrected chi connectivity index (χ3v) is 7.77. The van der Waals surface area contributed by atoms with Gasteiger partial charge in [0.1, 0.15) is 17.1 Å². The van der Waals surface area contributed by atoms with E-state index in [9.17, 15) is 24.8 Å². The Balaban J connectivity index is 1.49. The number of non-ortho nitro benzene ring substituents is 1.